The van der Waals surface area contributed by atoms with Gasteiger partial charge in [0.25, 0.3) is 5.91 Å². The fourth-order valence-electron chi connectivity index (χ4n) is 9.87. The van der Waals surface area contributed by atoms with E-state index in [0.717, 1.165) is 0 Å². The molecule has 2 amide bonds. The largest absolute Gasteiger partial charge is 1.00 e. The number of aromatic hydroxyl groups is 2. The van der Waals surface area contributed by atoms with E-state index in [1.54, 1.807) is 31.2 Å². The van der Waals surface area contributed by atoms with Gasteiger partial charge in [-0.2, -0.15) is 0 Å². The number of carbonyl (C=O) groups is 8. The number of amides is 2. The van der Waals surface area contributed by atoms with Gasteiger partial charge in [-0.05, 0) is 50.8 Å². The first-order valence-corrected chi connectivity index (χ1v) is 32.4. The Bertz CT molecular complexity index is 3350. The molecule has 98 heavy (non-hydrogen) atoms. The van der Waals surface area contributed by atoms with E-state index in [1.807, 2.05) is 0 Å². The molecule has 8 atom stereocenters. The molecular weight excluding hydrogens is 1420 g/mol. The van der Waals surface area contributed by atoms with Crippen molar-refractivity contribution in [3.63, 3.8) is 0 Å². The Morgan fingerprint density at radius 3 is 2.00 bits per heavy atom. The summed E-state index contributed by atoms with van der Waals surface area (Å²) in [5, 5.41) is 80.3. The minimum Gasteiger partial charge on any atom is -0.776 e. The van der Waals surface area contributed by atoms with E-state index >= 15 is 0 Å². The van der Waals surface area contributed by atoms with Crippen molar-refractivity contribution in [1.29, 1.82) is 0 Å². The minimum absolute atomic E-state index is 0. The van der Waals surface area contributed by atoms with Gasteiger partial charge in [-0.25, -0.2) is 5.84 Å². The number of nitrogens with two attached hydrogens (primary N) is 3. The van der Waals surface area contributed by atoms with Crippen LogP contribution in [0.4, 0.5) is 0 Å². The summed E-state index contributed by atoms with van der Waals surface area (Å²) in [4.78, 5) is 141. The van der Waals surface area contributed by atoms with Crippen LogP contribution in [0.1, 0.15) is 92.0 Å². The molecule has 36 nitrogen and oxygen atoms in total. The van der Waals surface area contributed by atoms with Gasteiger partial charge in [0.05, 0.1) is 81.4 Å². The first kappa shape index (κ1) is 91.3. The van der Waals surface area contributed by atoms with Crippen molar-refractivity contribution in [3.8, 4) is 23.0 Å². The van der Waals surface area contributed by atoms with Crippen LogP contribution in [0.3, 0.4) is 0 Å². The van der Waals surface area contributed by atoms with Crippen LogP contribution in [0.5, 0.6) is 23.0 Å². The number of rotatable bonds is 30. The van der Waals surface area contributed by atoms with Gasteiger partial charge in [0.1, 0.15) is 41.5 Å². The maximum absolute atomic E-state index is 13.6. The number of fused-ring (bicyclic) bond motifs is 3. The summed E-state index contributed by atoms with van der Waals surface area (Å²) in [5.41, 5.74) is 14.8. The predicted octanol–water partition coefficient (Wildman–Crippen LogP) is -10.7. The average molecular weight is 1500 g/mol. The van der Waals surface area contributed by atoms with Gasteiger partial charge in [0.2, 0.25) is 11.7 Å². The number of Topliss-reactive ketones (excluding diaryl/α,β-unsaturated/α-hetero) is 1. The number of aliphatic hydroxyl groups is 4. The quantitative estimate of drug-likeness (QED) is 0.00337. The number of carboxylic acids is 2. The van der Waals surface area contributed by atoms with Crippen LogP contribution >= 0.6 is 52.0 Å². The maximum Gasteiger partial charge on any atom is 1.00 e. The molecule has 2 unspecified atom stereocenters. The number of hydrogen-bond acceptors (Lipinski definition) is 30. The molecule has 1 heterocycles. The molecule has 3 aliphatic rings. The molecule has 6 rings (SSSR count). The topological polar surface area (TPSA) is 592 Å². The molecular formula is C55H77ClN10Na2O26P2S2. The molecule has 1 fully saturated rings. The first-order chi connectivity index (χ1) is 44.4. The second-order valence-electron chi connectivity index (χ2n) is 21.8. The summed E-state index contributed by atoms with van der Waals surface area (Å²) >= 11 is 9.58. The van der Waals surface area contributed by atoms with E-state index in [-0.39, 0.29) is 163 Å². The zero-order valence-electron chi connectivity index (χ0n) is 53.7. The van der Waals surface area contributed by atoms with Crippen molar-refractivity contribution < 1.29 is 186 Å². The number of halogens is 1. The Morgan fingerprint density at radius 1 is 0.888 bits per heavy atom. The standard InChI is InChI=1S/C27H29NO11.C14H26N8O6S2.C14H23NO9P2.ClH.2Na/c1-10-22(31)13(28)6-17(38-10)39-15-8-27(36,16(30)9-29)7-12-19(15)26(35)21-20(24(12)33)23(32)11-4-3-5-14(37-2)18(11)25(21)34;15-3-9(29)4-17-10(23)5-21(7-12(25)26)1-2-22(8-13(27)28)6-11(24)19-20-14(30)18-16;1-15(8-6-14(17,25(18,19)20)26(21,22)23)7-3-9-24-13-5-2-4-12(10-13)11-16;;;/h3-5,10,13,15,17,22,29,31,33,35-36H,6-9,28H2,1-2H3;1-8,15-16H2,(H,17,23)(H,19,24)(H,25,26)(H,27,28)(H2,18,20,30);2,4-5,10-11,17H,3,6-9H2,1H3,(H2,18,19,20)(H2,21,22,23);1H;;/q;;;;2*+1/p-2/t10-,13-,15-,17-,22+,27-;;;;;/m0...../s1. The summed E-state index contributed by atoms with van der Waals surface area (Å²) in [6.45, 7) is -0.339. The zero-order valence-corrected chi connectivity index (χ0v) is 62.0. The van der Waals surface area contributed by atoms with Crippen LogP contribution in [0, 0.1) is 0 Å². The number of hydrazine groups is 2. The molecule has 534 valence electrons. The number of ether oxygens (including phenoxy) is 4. The van der Waals surface area contributed by atoms with Crippen molar-refractivity contribution in [2.24, 2.45) is 17.3 Å². The Balaban J connectivity index is 0.000000743. The van der Waals surface area contributed by atoms with Crippen LogP contribution in [0.2, 0.25) is 0 Å². The molecule has 0 radical (unpaired) electrons. The summed E-state index contributed by atoms with van der Waals surface area (Å²) in [6.07, 6.45) is -4.88. The number of nitrogens with zero attached hydrogens (tertiary/aromatic N) is 3. The second-order valence-corrected chi connectivity index (χ2v) is 26.7. The molecule has 0 saturated carbocycles. The van der Waals surface area contributed by atoms with Gasteiger partial charge in [0.15, 0.2) is 43.2 Å². The first-order valence-electron chi connectivity index (χ1n) is 28.5. The van der Waals surface area contributed by atoms with Crippen molar-refractivity contribution in [1.82, 2.24) is 36.3 Å². The number of nitrogens with one attached hydrogen (secondary N) is 4. The van der Waals surface area contributed by atoms with Gasteiger partial charge >= 0.3 is 71.1 Å². The van der Waals surface area contributed by atoms with Gasteiger partial charge in [-0.3, -0.25) is 64.4 Å². The SMILES string of the molecule is CN(CCCOc1cccc(C=O)c1)CCC(O)(P(=O)([O-])O)P(=O)([O-])O.COc1cccc2c1C(=O)c1c(O)c3c(c(O)c1C2=O)C[C@@](O)(C(=O)CO)C[C@@H]3O[C@H]1C[C@H](N)[C@H](O)[C@H](C)O1.Cl.NCC(=S)CNC(=O)CN(CCN(CC(=O)O)CC(=O)NNC(=S)NN)CC(=O)O.[Na+].[Na+]. The molecule has 1 saturated heterocycles. The molecule has 20 N–H and O–H groups in total. The number of carbonyl (C=O) groups excluding carboxylic acids is 6. The Morgan fingerprint density at radius 2 is 1.47 bits per heavy atom. The number of thiocarbonyl (C=S) groups is 2. The van der Waals surface area contributed by atoms with Gasteiger partial charge in [-0.1, -0.05) is 36.5 Å². The number of benzene rings is 3. The van der Waals surface area contributed by atoms with Crippen molar-refractivity contribution in [3.05, 3.63) is 81.4 Å². The Labute approximate surface area is 621 Å². The van der Waals surface area contributed by atoms with E-state index in [0.29, 0.717) is 35.4 Å². The van der Waals surface area contributed by atoms with Gasteiger partial charge < -0.3 is 110 Å². The molecule has 3 aromatic carbocycles. The fourth-order valence-corrected chi connectivity index (χ4v) is 12.0. The number of phenolic OH excluding ortho intramolecular Hbond substituents is 2. The third-order valence-corrected chi connectivity index (χ3v) is 19.1. The van der Waals surface area contributed by atoms with E-state index < -0.39 is 159 Å². The monoisotopic (exact) mass is 1500 g/mol. The number of aliphatic carboxylic acids is 2. The van der Waals surface area contributed by atoms with Crippen LogP contribution in [0.25, 0.3) is 0 Å². The van der Waals surface area contributed by atoms with Crippen LogP contribution in [-0.4, -0.2) is 251 Å². The number of aldehydes is 1. The Hall–Kier alpha value is -4.69. The Kier molecular flexibility index (Phi) is 38.6. The number of carboxylic acid groups (broad SMARTS) is 2. The number of hydrogen-bond donors (Lipinski definition) is 17. The van der Waals surface area contributed by atoms with Crippen LogP contribution in [0.15, 0.2) is 42.5 Å². The number of ketones is 3. The van der Waals surface area contributed by atoms with E-state index in [4.69, 9.17) is 68.5 Å². The van der Waals surface area contributed by atoms with Gasteiger partial charge in [-0.15, -0.1) is 12.4 Å². The average Bonchev–Trinajstić information content (AvgIpc) is 0.711. The maximum atomic E-state index is 13.6. The van der Waals surface area contributed by atoms with Gasteiger partial charge in [0, 0.05) is 91.6 Å². The fraction of sp³-hybridized carbons (Fsp3) is 0.491. The van der Waals surface area contributed by atoms with Crippen LogP contribution < -0.4 is 117 Å². The normalized spacial score (nSPS) is 20.0. The van der Waals surface area contributed by atoms with Crippen LogP contribution in [-0.2, 0) is 49.0 Å². The minimum atomic E-state index is -5.74. The molecule has 43 heteroatoms. The summed E-state index contributed by atoms with van der Waals surface area (Å²) < 4.78 is 44.7. The molecule has 2 aliphatic carbocycles. The molecule has 0 aromatic heterocycles. The predicted molar refractivity (Wildman–Crippen MR) is 342 cm³/mol. The number of aliphatic hydroxyl groups excluding tert-OH is 2. The van der Waals surface area contributed by atoms with E-state index in [2.05, 4.69) is 33.8 Å². The van der Waals surface area contributed by atoms with Crippen molar-refractivity contribution >= 4 is 109 Å². The second kappa shape index (κ2) is 41.4. The summed E-state index contributed by atoms with van der Waals surface area (Å²) in [7, 11) is -8.63. The third kappa shape index (κ3) is 25.4. The summed E-state index contributed by atoms with van der Waals surface area (Å²) in [5.74, 6) is -1.66. The smallest absolute Gasteiger partial charge is 0.776 e. The number of methoxy groups -OCH3 is 1. The molecule has 1 aliphatic heterocycles. The molecule has 0 spiro atoms. The van der Waals surface area contributed by atoms with Crippen molar-refractivity contribution in [2.75, 3.05) is 92.8 Å². The van der Waals surface area contributed by atoms with E-state index in [1.165, 1.54) is 47.1 Å². The van der Waals surface area contributed by atoms with E-state index in [9.17, 15) is 87.9 Å². The number of phenols is 2. The molecule has 0 bridgehead atoms. The summed E-state index contributed by atoms with van der Waals surface area (Å²) in [6, 6.07) is 10.2. The third-order valence-electron chi connectivity index (χ3n) is 14.8. The molecule has 3 aromatic rings. The zero-order chi connectivity index (χ0) is 71.5. The van der Waals surface area contributed by atoms with Crippen molar-refractivity contribution in [2.45, 2.75) is 80.4 Å².